The van der Waals surface area contributed by atoms with E-state index in [2.05, 4.69) is 25.2 Å². The molecule has 0 atom stereocenters. The lowest BCUT2D eigenvalue weighted by Crippen LogP contribution is -2.19. The van der Waals surface area contributed by atoms with E-state index in [1.54, 1.807) is 12.1 Å². The summed E-state index contributed by atoms with van der Waals surface area (Å²) in [6.07, 6.45) is -1.02. The normalized spacial score (nSPS) is 11.5. The van der Waals surface area contributed by atoms with Gasteiger partial charge in [-0.1, -0.05) is 0 Å². The maximum absolute atomic E-state index is 13.6. The largest absolute Gasteiger partial charge is 0.462 e. The number of anilines is 1. The number of aromatic nitrogens is 5. The summed E-state index contributed by atoms with van der Waals surface area (Å²) >= 11 is 0. The highest BCUT2D eigenvalue weighted by Crippen LogP contribution is 2.34. The Bertz CT molecular complexity index is 1290. The molecule has 1 amide bonds. The zero-order chi connectivity index (χ0) is 22.9. The Morgan fingerprint density at radius 1 is 1.06 bits per heavy atom. The number of carbonyl (C=O) groups is 2. The number of halogens is 3. The van der Waals surface area contributed by atoms with Gasteiger partial charge in [0.05, 0.1) is 24.7 Å². The monoisotopic (exact) mass is 444 g/mol. The van der Waals surface area contributed by atoms with Crippen molar-refractivity contribution >= 4 is 23.3 Å². The van der Waals surface area contributed by atoms with Crippen molar-refractivity contribution in [3.63, 3.8) is 0 Å². The van der Waals surface area contributed by atoms with Gasteiger partial charge in [-0.05, 0) is 37.3 Å². The summed E-state index contributed by atoms with van der Waals surface area (Å²) in [5.74, 6) is -1.24. The molecule has 0 bridgehead atoms. The van der Waals surface area contributed by atoms with Gasteiger partial charge in [0, 0.05) is 17.8 Å². The first-order chi connectivity index (χ1) is 15.3. The fourth-order valence-electron chi connectivity index (χ4n) is 3.05. The van der Waals surface area contributed by atoms with Crippen LogP contribution in [0.25, 0.3) is 11.3 Å². The second kappa shape index (κ2) is 8.13. The standard InChI is InChI=1S/C20H15F3N6O3/c1-2-32-19(31)14-11-26-28(17(14)20(21,22)23)13-5-3-12(4-6-13)18(30)27-16-7-9-24-15-8-10-25-29(15)16/h3-11H,2H2,1H3,(H,27,30). The molecule has 12 heteroatoms. The Hall–Kier alpha value is -4.22. The summed E-state index contributed by atoms with van der Waals surface area (Å²) in [7, 11) is 0. The smallest absolute Gasteiger partial charge is 0.434 e. The van der Waals surface area contributed by atoms with Crippen LogP contribution < -0.4 is 5.32 Å². The number of hydrogen-bond donors (Lipinski definition) is 1. The lowest BCUT2D eigenvalue weighted by molar-refractivity contribution is -0.143. The SMILES string of the molecule is CCOC(=O)c1cnn(-c2ccc(C(=O)Nc3ccnc4ccnn34)cc2)c1C(F)(F)F. The molecule has 1 aromatic carbocycles. The predicted octanol–water partition coefficient (Wildman–Crippen LogP) is 3.36. The minimum Gasteiger partial charge on any atom is -0.462 e. The van der Waals surface area contributed by atoms with E-state index < -0.39 is 29.3 Å². The van der Waals surface area contributed by atoms with Gasteiger partial charge in [0.1, 0.15) is 11.4 Å². The molecule has 0 spiro atoms. The second-order valence-corrected chi connectivity index (χ2v) is 6.47. The third kappa shape index (κ3) is 3.89. The van der Waals surface area contributed by atoms with Crippen molar-refractivity contribution in [3.05, 3.63) is 71.8 Å². The molecule has 0 saturated heterocycles. The van der Waals surface area contributed by atoms with Crippen molar-refractivity contribution in [1.29, 1.82) is 0 Å². The molecule has 0 aliphatic carbocycles. The van der Waals surface area contributed by atoms with Crippen LogP contribution >= 0.6 is 0 Å². The predicted molar refractivity (Wildman–Crippen MR) is 105 cm³/mol. The number of rotatable bonds is 5. The number of hydrogen-bond acceptors (Lipinski definition) is 6. The molecule has 0 saturated carbocycles. The summed E-state index contributed by atoms with van der Waals surface area (Å²) in [5.41, 5.74) is -1.21. The fraction of sp³-hybridized carbons (Fsp3) is 0.150. The van der Waals surface area contributed by atoms with Crippen molar-refractivity contribution < 1.29 is 27.5 Å². The first-order valence-corrected chi connectivity index (χ1v) is 9.32. The van der Waals surface area contributed by atoms with E-state index in [0.29, 0.717) is 16.1 Å². The van der Waals surface area contributed by atoms with Gasteiger partial charge >= 0.3 is 12.1 Å². The van der Waals surface area contributed by atoms with Crippen LogP contribution in [0.2, 0.25) is 0 Å². The highest BCUT2D eigenvalue weighted by atomic mass is 19.4. The average Bonchev–Trinajstić information content (AvgIpc) is 3.42. The molecule has 0 aliphatic rings. The Morgan fingerprint density at radius 3 is 2.50 bits per heavy atom. The Balaban J connectivity index is 1.62. The number of amides is 1. The van der Waals surface area contributed by atoms with Crippen LogP contribution in [0.3, 0.4) is 0 Å². The molecular formula is C20H15F3N6O3. The third-order valence-electron chi connectivity index (χ3n) is 4.44. The van der Waals surface area contributed by atoms with E-state index in [0.717, 1.165) is 6.20 Å². The second-order valence-electron chi connectivity index (χ2n) is 6.47. The van der Waals surface area contributed by atoms with Crippen LogP contribution in [0.5, 0.6) is 0 Å². The van der Waals surface area contributed by atoms with E-state index >= 15 is 0 Å². The van der Waals surface area contributed by atoms with E-state index in [4.69, 9.17) is 0 Å². The van der Waals surface area contributed by atoms with E-state index in [1.807, 2.05) is 0 Å². The number of nitrogens with one attached hydrogen (secondary N) is 1. The summed E-state index contributed by atoms with van der Waals surface area (Å²) < 4.78 is 47.6. The van der Waals surface area contributed by atoms with Crippen molar-refractivity contribution in [3.8, 4) is 5.69 Å². The van der Waals surface area contributed by atoms with Gasteiger partial charge in [0.25, 0.3) is 5.91 Å². The molecule has 0 fully saturated rings. The minimum atomic E-state index is -4.86. The maximum Gasteiger partial charge on any atom is 0.434 e. The van der Waals surface area contributed by atoms with Gasteiger partial charge in [-0.2, -0.15) is 27.9 Å². The van der Waals surface area contributed by atoms with E-state index in [-0.39, 0.29) is 17.9 Å². The zero-order valence-corrected chi connectivity index (χ0v) is 16.5. The van der Waals surface area contributed by atoms with Gasteiger partial charge in [-0.3, -0.25) is 4.79 Å². The Labute approximate surface area is 178 Å². The Morgan fingerprint density at radius 2 is 1.81 bits per heavy atom. The molecule has 0 unspecified atom stereocenters. The number of benzene rings is 1. The van der Waals surface area contributed by atoms with Gasteiger partial charge in [-0.15, -0.1) is 0 Å². The first kappa shape index (κ1) is 21.0. The van der Waals surface area contributed by atoms with Gasteiger partial charge < -0.3 is 10.1 Å². The molecular weight excluding hydrogens is 429 g/mol. The van der Waals surface area contributed by atoms with Gasteiger partial charge in [-0.25, -0.2) is 14.5 Å². The first-order valence-electron chi connectivity index (χ1n) is 9.32. The number of nitrogens with zero attached hydrogens (tertiary/aromatic N) is 5. The Kier molecular flexibility index (Phi) is 5.34. The lowest BCUT2D eigenvalue weighted by Gasteiger charge is -2.13. The molecule has 32 heavy (non-hydrogen) atoms. The zero-order valence-electron chi connectivity index (χ0n) is 16.5. The van der Waals surface area contributed by atoms with E-state index in [1.165, 1.54) is 48.1 Å². The number of carbonyl (C=O) groups excluding carboxylic acids is 2. The topological polar surface area (TPSA) is 103 Å². The molecule has 3 heterocycles. The molecule has 164 valence electrons. The van der Waals surface area contributed by atoms with Crippen molar-refractivity contribution in [2.24, 2.45) is 0 Å². The quantitative estimate of drug-likeness (QED) is 0.474. The van der Waals surface area contributed by atoms with Crippen LogP contribution in [0, 0.1) is 0 Å². The highest BCUT2D eigenvalue weighted by Gasteiger charge is 2.41. The van der Waals surface area contributed by atoms with Crippen molar-refractivity contribution in [2.75, 3.05) is 11.9 Å². The van der Waals surface area contributed by atoms with Crippen LogP contribution in [-0.4, -0.2) is 42.9 Å². The fourth-order valence-corrected chi connectivity index (χ4v) is 3.05. The van der Waals surface area contributed by atoms with Crippen LogP contribution in [0.1, 0.15) is 33.3 Å². The van der Waals surface area contributed by atoms with Gasteiger partial charge in [0.2, 0.25) is 0 Å². The lowest BCUT2D eigenvalue weighted by atomic mass is 10.2. The molecule has 0 aliphatic heterocycles. The number of alkyl halides is 3. The van der Waals surface area contributed by atoms with Crippen molar-refractivity contribution in [2.45, 2.75) is 13.1 Å². The molecule has 9 nitrogen and oxygen atoms in total. The molecule has 4 aromatic rings. The average molecular weight is 444 g/mol. The van der Waals surface area contributed by atoms with Crippen LogP contribution in [0.4, 0.5) is 19.0 Å². The summed E-state index contributed by atoms with van der Waals surface area (Å²) in [4.78, 5) is 28.6. The van der Waals surface area contributed by atoms with Crippen LogP contribution in [-0.2, 0) is 10.9 Å². The number of ether oxygens (including phenoxy) is 1. The van der Waals surface area contributed by atoms with Gasteiger partial charge in [0.15, 0.2) is 11.3 Å². The molecule has 3 aromatic heterocycles. The highest BCUT2D eigenvalue weighted by molar-refractivity contribution is 6.04. The third-order valence-corrected chi connectivity index (χ3v) is 4.44. The molecule has 0 radical (unpaired) electrons. The van der Waals surface area contributed by atoms with Crippen LogP contribution in [0.15, 0.2) is 55.0 Å². The summed E-state index contributed by atoms with van der Waals surface area (Å²) in [6.45, 7) is 1.41. The minimum absolute atomic E-state index is 0.0165. The number of esters is 1. The number of fused-ring (bicyclic) bond motifs is 1. The summed E-state index contributed by atoms with van der Waals surface area (Å²) in [6, 6.07) is 8.50. The summed E-state index contributed by atoms with van der Waals surface area (Å²) in [5, 5.41) is 10.4. The van der Waals surface area contributed by atoms with E-state index in [9.17, 15) is 22.8 Å². The maximum atomic E-state index is 13.6. The molecule has 4 rings (SSSR count). The van der Waals surface area contributed by atoms with Crippen molar-refractivity contribution in [1.82, 2.24) is 24.4 Å². The molecule has 1 N–H and O–H groups in total.